The Labute approximate surface area is 104 Å². The Morgan fingerprint density at radius 3 is 2.88 bits per heavy atom. The third-order valence-corrected chi connectivity index (χ3v) is 2.86. The van der Waals surface area contributed by atoms with Crippen LogP contribution in [0.25, 0.3) is 0 Å². The third kappa shape index (κ3) is 1.68. The summed E-state index contributed by atoms with van der Waals surface area (Å²) >= 11 is 5.94. The molecule has 3 rings (SSSR count). The molecule has 0 atom stereocenters. The molecule has 0 aliphatic carbocycles. The number of nitrogens with one attached hydrogen (secondary N) is 1. The first kappa shape index (κ1) is 10.3. The number of methoxy groups -OCH3 is 1. The molecule has 0 unspecified atom stereocenters. The van der Waals surface area contributed by atoms with E-state index >= 15 is 0 Å². The lowest BCUT2D eigenvalue weighted by Crippen LogP contribution is -2.03. The molecule has 0 bridgehead atoms. The van der Waals surface area contributed by atoms with Gasteiger partial charge in [-0.2, -0.15) is 0 Å². The molecule has 0 aromatic heterocycles. The molecule has 17 heavy (non-hydrogen) atoms. The summed E-state index contributed by atoms with van der Waals surface area (Å²) in [4.78, 5) is 0. The van der Waals surface area contributed by atoms with Crippen LogP contribution in [0.5, 0.6) is 17.2 Å². The summed E-state index contributed by atoms with van der Waals surface area (Å²) in [6, 6.07) is 11.2. The van der Waals surface area contributed by atoms with Crippen molar-refractivity contribution in [1.29, 1.82) is 0 Å². The van der Waals surface area contributed by atoms with Gasteiger partial charge in [-0.25, -0.2) is 0 Å². The van der Waals surface area contributed by atoms with Crippen molar-refractivity contribution in [2.45, 2.75) is 0 Å². The quantitative estimate of drug-likeness (QED) is 0.699. The number of hydrogen-bond donors (Lipinski definition) is 1. The van der Waals surface area contributed by atoms with Crippen molar-refractivity contribution in [1.82, 2.24) is 0 Å². The van der Waals surface area contributed by atoms with Gasteiger partial charge in [-0.1, -0.05) is 17.7 Å². The maximum atomic E-state index is 5.94. The van der Waals surface area contributed by atoms with Gasteiger partial charge in [0.25, 0.3) is 0 Å². The van der Waals surface area contributed by atoms with E-state index in [-0.39, 0.29) is 0 Å². The maximum Gasteiger partial charge on any atom is 0.192 e. The highest BCUT2D eigenvalue weighted by Gasteiger charge is 2.19. The highest BCUT2D eigenvalue weighted by Crippen LogP contribution is 2.47. The largest absolute Gasteiger partial charge is 0.493 e. The topological polar surface area (TPSA) is 30.5 Å². The van der Waals surface area contributed by atoms with Crippen LogP contribution in [0.1, 0.15) is 0 Å². The summed E-state index contributed by atoms with van der Waals surface area (Å²) < 4.78 is 11.1. The van der Waals surface area contributed by atoms with Crippen molar-refractivity contribution in [3.8, 4) is 17.2 Å². The number of halogens is 1. The number of hydrogen-bond acceptors (Lipinski definition) is 3. The Balaban J connectivity index is 2.11. The van der Waals surface area contributed by atoms with E-state index in [0.717, 1.165) is 11.4 Å². The number of fused-ring (bicyclic) bond motifs is 2. The molecular formula is C13H10ClNO2. The molecule has 1 aliphatic rings. The second-order valence-electron chi connectivity index (χ2n) is 3.70. The average Bonchev–Trinajstić information content (AvgIpc) is 2.35. The van der Waals surface area contributed by atoms with Gasteiger partial charge in [0.1, 0.15) is 0 Å². The van der Waals surface area contributed by atoms with Crippen LogP contribution in [-0.4, -0.2) is 7.11 Å². The summed E-state index contributed by atoms with van der Waals surface area (Å²) in [7, 11) is 1.62. The smallest absolute Gasteiger partial charge is 0.192 e. The molecule has 1 heterocycles. The van der Waals surface area contributed by atoms with Crippen LogP contribution in [0.3, 0.4) is 0 Å². The molecule has 0 saturated carbocycles. The van der Waals surface area contributed by atoms with Crippen molar-refractivity contribution < 1.29 is 9.47 Å². The minimum absolute atomic E-state index is 0.642. The lowest BCUT2D eigenvalue weighted by atomic mass is 10.2. The van der Waals surface area contributed by atoms with Gasteiger partial charge < -0.3 is 14.8 Å². The zero-order valence-corrected chi connectivity index (χ0v) is 9.91. The normalized spacial score (nSPS) is 11.9. The molecule has 0 fully saturated rings. The fourth-order valence-electron chi connectivity index (χ4n) is 1.82. The first-order chi connectivity index (χ1) is 8.28. The van der Waals surface area contributed by atoms with Crippen LogP contribution in [0, 0.1) is 0 Å². The molecule has 0 amide bonds. The molecule has 2 aromatic carbocycles. The van der Waals surface area contributed by atoms with Gasteiger partial charge in [-0.15, -0.1) is 0 Å². The number of para-hydroxylation sites is 1. The fraction of sp³-hybridized carbons (Fsp3) is 0.0769. The Hall–Kier alpha value is -1.87. The minimum Gasteiger partial charge on any atom is -0.493 e. The first-order valence-corrected chi connectivity index (χ1v) is 5.57. The van der Waals surface area contributed by atoms with Crippen molar-refractivity contribution in [2.75, 3.05) is 12.4 Å². The fourth-order valence-corrected chi connectivity index (χ4v) is 1.98. The molecule has 1 N–H and O–H groups in total. The van der Waals surface area contributed by atoms with Crippen molar-refractivity contribution in [3.63, 3.8) is 0 Å². The van der Waals surface area contributed by atoms with Gasteiger partial charge in [0.05, 0.1) is 18.5 Å². The molecule has 1 aliphatic heterocycles. The van der Waals surface area contributed by atoms with E-state index in [1.54, 1.807) is 13.2 Å². The highest BCUT2D eigenvalue weighted by atomic mass is 35.5. The van der Waals surface area contributed by atoms with Crippen LogP contribution in [-0.2, 0) is 0 Å². The number of ether oxygens (including phenoxy) is 2. The van der Waals surface area contributed by atoms with E-state index in [1.807, 2.05) is 30.3 Å². The molecule has 3 nitrogen and oxygen atoms in total. The zero-order chi connectivity index (χ0) is 11.8. The molecule has 2 aromatic rings. The first-order valence-electron chi connectivity index (χ1n) is 5.19. The minimum atomic E-state index is 0.642. The van der Waals surface area contributed by atoms with E-state index in [2.05, 4.69) is 5.32 Å². The third-order valence-electron chi connectivity index (χ3n) is 2.62. The van der Waals surface area contributed by atoms with E-state index in [9.17, 15) is 0 Å². The predicted molar refractivity (Wildman–Crippen MR) is 67.8 cm³/mol. The van der Waals surface area contributed by atoms with Crippen LogP contribution in [0.15, 0.2) is 36.4 Å². The van der Waals surface area contributed by atoms with Gasteiger partial charge in [0.15, 0.2) is 17.2 Å². The second-order valence-corrected chi connectivity index (χ2v) is 4.14. The zero-order valence-electron chi connectivity index (χ0n) is 9.16. The van der Waals surface area contributed by atoms with Crippen molar-refractivity contribution in [2.24, 2.45) is 0 Å². The summed E-state index contributed by atoms with van der Waals surface area (Å²) in [6.45, 7) is 0. The number of anilines is 2. The van der Waals surface area contributed by atoms with E-state index in [4.69, 9.17) is 21.1 Å². The van der Waals surface area contributed by atoms with Crippen LogP contribution in [0.4, 0.5) is 11.4 Å². The van der Waals surface area contributed by atoms with Crippen LogP contribution in [0.2, 0.25) is 5.02 Å². The maximum absolute atomic E-state index is 5.94. The molecule has 0 saturated heterocycles. The van der Waals surface area contributed by atoms with Crippen molar-refractivity contribution >= 4 is 23.0 Å². The van der Waals surface area contributed by atoms with Crippen LogP contribution < -0.4 is 14.8 Å². The van der Waals surface area contributed by atoms with Gasteiger partial charge in [-0.3, -0.25) is 0 Å². The van der Waals surface area contributed by atoms with Gasteiger partial charge in [0.2, 0.25) is 0 Å². The van der Waals surface area contributed by atoms with E-state index < -0.39 is 0 Å². The molecule has 86 valence electrons. The Morgan fingerprint density at radius 2 is 2.06 bits per heavy atom. The second kappa shape index (κ2) is 3.86. The van der Waals surface area contributed by atoms with Gasteiger partial charge in [-0.05, 0) is 24.3 Å². The highest BCUT2D eigenvalue weighted by molar-refractivity contribution is 6.30. The molecule has 4 heteroatoms. The Kier molecular flexibility index (Phi) is 2.34. The lowest BCUT2D eigenvalue weighted by molar-refractivity contribution is 0.378. The van der Waals surface area contributed by atoms with Gasteiger partial charge >= 0.3 is 0 Å². The lowest BCUT2D eigenvalue weighted by Gasteiger charge is -2.23. The summed E-state index contributed by atoms with van der Waals surface area (Å²) in [5.74, 6) is 2.08. The van der Waals surface area contributed by atoms with Crippen molar-refractivity contribution in [3.05, 3.63) is 41.4 Å². The summed E-state index contributed by atoms with van der Waals surface area (Å²) in [6.07, 6.45) is 0. The Morgan fingerprint density at radius 1 is 1.18 bits per heavy atom. The average molecular weight is 248 g/mol. The van der Waals surface area contributed by atoms with E-state index in [1.165, 1.54) is 0 Å². The van der Waals surface area contributed by atoms with Crippen LogP contribution >= 0.6 is 11.6 Å². The Bertz CT molecular complexity index is 584. The SMILES string of the molecule is COc1cccc2c1Oc1cc(Cl)ccc1N2. The number of rotatable bonds is 1. The molecule has 0 radical (unpaired) electrons. The summed E-state index contributed by atoms with van der Waals surface area (Å²) in [5.41, 5.74) is 1.79. The standard InChI is InChI=1S/C13H10ClNO2/c1-16-11-4-2-3-10-13(11)17-12-7-8(14)5-6-9(12)15-10/h2-7,15H,1H3. The predicted octanol–water partition coefficient (Wildman–Crippen LogP) is 4.20. The van der Waals surface area contributed by atoms with Gasteiger partial charge in [0, 0.05) is 11.1 Å². The molecular weight excluding hydrogens is 238 g/mol. The molecule has 0 spiro atoms. The van der Waals surface area contributed by atoms with E-state index in [0.29, 0.717) is 22.3 Å². The summed E-state index contributed by atoms with van der Waals surface area (Å²) in [5, 5.41) is 3.92. The number of benzene rings is 2. The monoisotopic (exact) mass is 247 g/mol.